The summed E-state index contributed by atoms with van der Waals surface area (Å²) in [6.45, 7) is 5.10. The number of likely N-dealkylation sites (tertiary alicyclic amines) is 1. The summed E-state index contributed by atoms with van der Waals surface area (Å²) in [7, 11) is 0. The number of hydrogen-bond acceptors (Lipinski definition) is 4. The SMILES string of the molecule is Nc1cc2ccccc2cc1C(=O)N1CCC(N2CCOCC2)C1. The van der Waals surface area contributed by atoms with Crippen LogP contribution in [0.5, 0.6) is 0 Å². The van der Waals surface area contributed by atoms with E-state index < -0.39 is 0 Å². The minimum Gasteiger partial charge on any atom is -0.398 e. The third kappa shape index (κ3) is 2.85. The maximum absolute atomic E-state index is 12.9. The van der Waals surface area contributed by atoms with Crippen molar-refractivity contribution < 1.29 is 9.53 Å². The number of rotatable bonds is 2. The molecule has 5 heteroatoms. The lowest BCUT2D eigenvalue weighted by Crippen LogP contribution is -2.45. The second-order valence-corrected chi connectivity index (χ2v) is 6.63. The molecular weight excluding hydrogens is 302 g/mol. The molecule has 0 saturated carbocycles. The molecule has 0 aromatic heterocycles. The Labute approximate surface area is 142 Å². The number of carbonyl (C=O) groups is 1. The van der Waals surface area contributed by atoms with E-state index in [1.807, 2.05) is 41.3 Å². The number of benzene rings is 2. The van der Waals surface area contributed by atoms with E-state index in [1.54, 1.807) is 0 Å². The van der Waals surface area contributed by atoms with Gasteiger partial charge in [-0.2, -0.15) is 0 Å². The van der Waals surface area contributed by atoms with Gasteiger partial charge in [0.1, 0.15) is 0 Å². The molecule has 5 nitrogen and oxygen atoms in total. The van der Waals surface area contributed by atoms with Crippen molar-refractivity contribution in [1.29, 1.82) is 0 Å². The predicted molar refractivity (Wildman–Crippen MR) is 95.1 cm³/mol. The van der Waals surface area contributed by atoms with Crippen molar-refractivity contribution in [2.45, 2.75) is 12.5 Å². The van der Waals surface area contributed by atoms with Gasteiger partial charge in [0.15, 0.2) is 0 Å². The molecule has 2 saturated heterocycles. The molecule has 1 amide bonds. The number of fused-ring (bicyclic) bond motifs is 1. The highest BCUT2D eigenvalue weighted by Gasteiger charge is 2.32. The van der Waals surface area contributed by atoms with Crippen LogP contribution in [0.25, 0.3) is 10.8 Å². The van der Waals surface area contributed by atoms with E-state index in [0.717, 1.165) is 56.6 Å². The van der Waals surface area contributed by atoms with Crippen molar-refractivity contribution in [2.24, 2.45) is 0 Å². The second kappa shape index (κ2) is 6.42. The van der Waals surface area contributed by atoms with E-state index in [1.165, 1.54) is 0 Å². The molecule has 2 aliphatic rings. The van der Waals surface area contributed by atoms with E-state index in [4.69, 9.17) is 10.5 Å². The number of carbonyl (C=O) groups excluding carboxylic acids is 1. The zero-order chi connectivity index (χ0) is 16.5. The molecule has 2 heterocycles. The van der Waals surface area contributed by atoms with E-state index >= 15 is 0 Å². The first kappa shape index (κ1) is 15.4. The quantitative estimate of drug-likeness (QED) is 0.858. The Morgan fingerprint density at radius 3 is 2.54 bits per heavy atom. The van der Waals surface area contributed by atoms with Crippen molar-refractivity contribution in [1.82, 2.24) is 9.80 Å². The topological polar surface area (TPSA) is 58.8 Å². The van der Waals surface area contributed by atoms with Crippen LogP contribution in [0.2, 0.25) is 0 Å². The van der Waals surface area contributed by atoms with Crippen molar-refractivity contribution >= 4 is 22.4 Å². The van der Waals surface area contributed by atoms with Crippen molar-refractivity contribution in [3.8, 4) is 0 Å². The molecule has 126 valence electrons. The van der Waals surface area contributed by atoms with E-state index in [-0.39, 0.29) is 5.91 Å². The standard InChI is InChI=1S/C19H23N3O2/c20-18-12-15-4-2-1-3-14(15)11-17(18)19(23)22-6-5-16(13-22)21-7-9-24-10-8-21/h1-4,11-12,16H,5-10,13,20H2. The average Bonchev–Trinajstić information content (AvgIpc) is 3.11. The molecule has 24 heavy (non-hydrogen) atoms. The molecule has 0 bridgehead atoms. The predicted octanol–water partition coefficient (Wildman–Crippen LogP) is 1.97. The van der Waals surface area contributed by atoms with E-state index in [9.17, 15) is 4.79 Å². The van der Waals surface area contributed by atoms with Gasteiger partial charge in [0.2, 0.25) is 0 Å². The lowest BCUT2D eigenvalue weighted by molar-refractivity contribution is 0.0185. The van der Waals surface area contributed by atoms with Gasteiger partial charge in [0, 0.05) is 37.9 Å². The number of ether oxygens (including phenoxy) is 1. The number of nitrogens with two attached hydrogens (primary N) is 1. The van der Waals surface area contributed by atoms with Crippen molar-refractivity contribution in [3.05, 3.63) is 42.0 Å². The fourth-order valence-corrected chi connectivity index (χ4v) is 3.78. The van der Waals surface area contributed by atoms with Gasteiger partial charge in [-0.15, -0.1) is 0 Å². The van der Waals surface area contributed by atoms with Crippen LogP contribution in [0.3, 0.4) is 0 Å². The van der Waals surface area contributed by atoms with Crippen LogP contribution in [0.1, 0.15) is 16.8 Å². The highest BCUT2D eigenvalue weighted by molar-refractivity contribution is 6.04. The van der Waals surface area contributed by atoms with Gasteiger partial charge in [-0.1, -0.05) is 24.3 Å². The molecule has 2 aromatic rings. The Kier molecular flexibility index (Phi) is 4.12. The number of nitrogen functional groups attached to an aromatic ring is 1. The highest BCUT2D eigenvalue weighted by Crippen LogP contribution is 2.25. The molecule has 1 unspecified atom stereocenters. The van der Waals surface area contributed by atoms with Crippen LogP contribution >= 0.6 is 0 Å². The monoisotopic (exact) mass is 325 g/mol. The Balaban J connectivity index is 1.52. The van der Waals surface area contributed by atoms with Crippen LogP contribution in [-0.4, -0.2) is 61.1 Å². The second-order valence-electron chi connectivity index (χ2n) is 6.63. The van der Waals surface area contributed by atoms with Crippen LogP contribution in [0.15, 0.2) is 36.4 Å². The number of hydrogen-bond donors (Lipinski definition) is 1. The molecule has 0 spiro atoms. The lowest BCUT2D eigenvalue weighted by atomic mass is 10.0. The first-order chi connectivity index (χ1) is 11.7. The van der Waals surface area contributed by atoms with Gasteiger partial charge in [0.25, 0.3) is 5.91 Å². The van der Waals surface area contributed by atoms with Gasteiger partial charge >= 0.3 is 0 Å². The molecule has 0 aliphatic carbocycles. The summed E-state index contributed by atoms with van der Waals surface area (Å²) >= 11 is 0. The zero-order valence-electron chi connectivity index (χ0n) is 13.8. The lowest BCUT2D eigenvalue weighted by Gasteiger charge is -2.32. The zero-order valence-corrected chi connectivity index (χ0v) is 13.8. The van der Waals surface area contributed by atoms with Crippen LogP contribution in [0.4, 0.5) is 5.69 Å². The Hall–Kier alpha value is -2.11. The van der Waals surface area contributed by atoms with Gasteiger partial charge in [-0.3, -0.25) is 9.69 Å². The third-order valence-corrected chi connectivity index (χ3v) is 5.16. The normalized spacial score (nSPS) is 22.2. The van der Waals surface area contributed by atoms with Crippen LogP contribution in [0, 0.1) is 0 Å². The van der Waals surface area contributed by atoms with Crippen LogP contribution in [-0.2, 0) is 4.74 Å². The number of anilines is 1. The summed E-state index contributed by atoms with van der Waals surface area (Å²) in [5.41, 5.74) is 7.34. The van der Waals surface area contributed by atoms with Gasteiger partial charge in [0.05, 0.1) is 18.8 Å². The van der Waals surface area contributed by atoms with E-state index in [0.29, 0.717) is 17.3 Å². The smallest absolute Gasteiger partial charge is 0.256 e. The maximum atomic E-state index is 12.9. The molecule has 2 fully saturated rings. The summed E-state index contributed by atoms with van der Waals surface area (Å²) in [6.07, 6.45) is 1.03. The van der Waals surface area contributed by atoms with Crippen molar-refractivity contribution in [2.75, 3.05) is 45.1 Å². The summed E-state index contributed by atoms with van der Waals surface area (Å²) in [6, 6.07) is 12.3. The third-order valence-electron chi connectivity index (χ3n) is 5.16. The number of amides is 1. The first-order valence-corrected chi connectivity index (χ1v) is 8.62. The first-order valence-electron chi connectivity index (χ1n) is 8.62. The number of morpholine rings is 1. The average molecular weight is 325 g/mol. The summed E-state index contributed by atoms with van der Waals surface area (Å²) < 4.78 is 5.42. The summed E-state index contributed by atoms with van der Waals surface area (Å²) in [5.74, 6) is 0.0500. The van der Waals surface area contributed by atoms with Crippen molar-refractivity contribution in [3.63, 3.8) is 0 Å². The van der Waals surface area contributed by atoms with E-state index in [2.05, 4.69) is 4.90 Å². The molecule has 0 radical (unpaired) electrons. The fraction of sp³-hybridized carbons (Fsp3) is 0.421. The Morgan fingerprint density at radius 2 is 1.79 bits per heavy atom. The minimum absolute atomic E-state index is 0.0500. The largest absolute Gasteiger partial charge is 0.398 e. The van der Waals surface area contributed by atoms with Crippen LogP contribution < -0.4 is 5.73 Å². The molecule has 2 aromatic carbocycles. The van der Waals surface area contributed by atoms with Gasteiger partial charge in [-0.05, 0) is 29.3 Å². The minimum atomic E-state index is 0.0500. The molecule has 2 aliphatic heterocycles. The maximum Gasteiger partial charge on any atom is 0.256 e. The molecular formula is C19H23N3O2. The van der Waals surface area contributed by atoms with Gasteiger partial charge in [-0.25, -0.2) is 0 Å². The Morgan fingerprint density at radius 1 is 1.08 bits per heavy atom. The highest BCUT2D eigenvalue weighted by atomic mass is 16.5. The number of nitrogens with zero attached hydrogens (tertiary/aromatic N) is 2. The molecule has 1 atom stereocenters. The summed E-state index contributed by atoms with van der Waals surface area (Å²) in [5, 5.41) is 2.12. The molecule has 4 rings (SSSR count). The summed E-state index contributed by atoms with van der Waals surface area (Å²) in [4.78, 5) is 17.3. The van der Waals surface area contributed by atoms with Gasteiger partial charge < -0.3 is 15.4 Å². The molecule has 2 N–H and O–H groups in total. The fourth-order valence-electron chi connectivity index (χ4n) is 3.78. The Bertz CT molecular complexity index is 755.